The lowest BCUT2D eigenvalue weighted by atomic mass is 9.96. The van der Waals surface area contributed by atoms with Gasteiger partial charge in [-0.05, 0) is 44.8 Å². The number of nitrogens with one attached hydrogen (secondary N) is 1. The van der Waals surface area contributed by atoms with E-state index in [-0.39, 0.29) is 5.91 Å². The molecule has 0 spiro atoms. The maximum Gasteiger partial charge on any atom is 0.229 e. The van der Waals surface area contributed by atoms with E-state index in [2.05, 4.69) is 5.32 Å². The second kappa shape index (κ2) is 5.36. The van der Waals surface area contributed by atoms with Gasteiger partial charge in [-0.2, -0.15) is 0 Å². The summed E-state index contributed by atoms with van der Waals surface area (Å²) in [5.41, 5.74) is 0. The molecule has 1 amide bonds. The van der Waals surface area contributed by atoms with E-state index in [0.29, 0.717) is 18.2 Å². The first-order valence-electron chi connectivity index (χ1n) is 6.20. The molecule has 1 atom stereocenters. The fourth-order valence-electron chi connectivity index (χ4n) is 2.21. The van der Waals surface area contributed by atoms with Crippen molar-refractivity contribution in [3.63, 3.8) is 0 Å². The lowest BCUT2D eigenvalue weighted by Gasteiger charge is -2.24. The predicted octanol–water partition coefficient (Wildman–Crippen LogP) is 1.94. The third-order valence-electron chi connectivity index (χ3n) is 3.29. The Labute approximate surface area is 102 Å². The van der Waals surface area contributed by atoms with Crippen LogP contribution in [0.2, 0.25) is 0 Å². The van der Waals surface area contributed by atoms with E-state index in [4.69, 9.17) is 4.42 Å². The molecule has 4 heteroatoms. The molecule has 1 saturated heterocycles. The summed E-state index contributed by atoms with van der Waals surface area (Å²) in [5.74, 6) is 2.07. The maximum atomic E-state index is 12.1. The highest BCUT2D eigenvalue weighted by atomic mass is 16.4. The normalized spacial score (nSPS) is 20.2. The Morgan fingerprint density at radius 1 is 1.59 bits per heavy atom. The van der Waals surface area contributed by atoms with Crippen LogP contribution in [-0.2, 0) is 4.79 Å². The number of piperidine rings is 1. The molecule has 17 heavy (non-hydrogen) atoms. The highest BCUT2D eigenvalue weighted by Crippen LogP contribution is 2.20. The molecule has 2 heterocycles. The Kier molecular flexibility index (Phi) is 3.84. The molecule has 2 rings (SSSR count). The van der Waals surface area contributed by atoms with Crippen molar-refractivity contribution in [2.24, 2.45) is 5.92 Å². The van der Waals surface area contributed by atoms with Crippen molar-refractivity contribution < 1.29 is 9.21 Å². The molecule has 0 aliphatic carbocycles. The van der Waals surface area contributed by atoms with Crippen LogP contribution in [0.3, 0.4) is 0 Å². The molecular weight excluding hydrogens is 216 g/mol. The van der Waals surface area contributed by atoms with Crippen LogP contribution in [0.5, 0.6) is 0 Å². The minimum atomic E-state index is 0.132. The third kappa shape index (κ3) is 3.09. The van der Waals surface area contributed by atoms with Crippen molar-refractivity contribution in [3.8, 4) is 0 Å². The van der Waals surface area contributed by atoms with Gasteiger partial charge in [0.05, 0.1) is 0 Å². The van der Waals surface area contributed by atoms with Gasteiger partial charge in [-0.25, -0.2) is 0 Å². The van der Waals surface area contributed by atoms with E-state index < -0.39 is 0 Å². The van der Waals surface area contributed by atoms with Gasteiger partial charge in [0.25, 0.3) is 0 Å². The second-order valence-electron chi connectivity index (χ2n) is 4.75. The van der Waals surface area contributed by atoms with Crippen molar-refractivity contribution >= 4 is 11.8 Å². The summed E-state index contributed by atoms with van der Waals surface area (Å²) >= 11 is 0. The molecular formula is C13H20N2O2. The number of furan rings is 1. The van der Waals surface area contributed by atoms with Gasteiger partial charge in [0.2, 0.25) is 11.8 Å². The predicted molar refractivity (Wildman–Crippen MR) is 67.1 cm³/mol. The highest BCUT2D eigenvalue weighted by Gasteiger charge is 2.20. The molecule has 1 aromatic rings. The van der Waals surface area contributed by atoms with Gasteiger partial charge in [0.1, 0.15) is 5.76 Å². The lowest BCUT2D eigenvalue weighted by molar-refractivity contribution is -0.119. The molecule has 0 bridgehead atoms. The summed E-state index contributed by atoms with van der Waals surface area (Å²) in [6.45, 7) is 3.92. The van der Waals surface area contributed by atoms with Crippen molar-refractivity contribution in [2.75, 3.05) is 25.0 Å². The minimum Gasteiger partial charge on any atom is -0.445 e. The number of amides is 1. The zero-order valence-electron chi connectivity index (χ0n) is 10.5. The third-order valence-corrected chi connectivity index (χ3v) is 3.29. The number of rotatable bonds is 3. The topological polar surface area (TPSA) is 45.5 Å². The number of hydrogen-bond donors (Lipinski definition) is 1. The van der Waals surface area contributed by atoms with Crippen LogP contribution in [0.4, 0.5) is 5.88 Å². The number of anilines is 1. The Hall–Kier alpha value is -1.29. The molecule has 4 nitrogen and oxygen atoms in total. The van der Waals surface area contributed by atoms with Gasteiger partial charge >= 0.3 is 0 Å². The van der Waals surface area contributed by atoms with Crippen LogP contribution in [0.25, 0.3) is 0 Å². The number of nitrogens with zero attached hydrogens (tertiary/aromatic N) is 1. The zero-order valence-corrected chi connectivity index (χ0v) is 10.5. The van der Waals surface area contributed by atoms with Gasteiger partial charge in [-0.3, -0.25) is 9.69 Å². The van der Waals surface area contributed by atoms with Gasteiger partial charge < -0.3 is 9.73 Å². The standard InChI is InChI=1S/C13H20N2O2/c1-10-5-6-13(17-10)15(2)12(16)8-11-4-3-7-14-9-11/h5-6,11,14H,3-4,7-9H2,1-2H3. The number of aryl methyl sites for hydroxylation is 1. The van der Waals surface area contributed by atoms with Crippen molar-refractivity contribution in [3.05, 3.63) is 17.9 Å². The first-order valence-corrected chi connectivity index (χ1v) is 6.20. The Bertz CT molecular complexity index is 381. The summed E-state index contributed by atoms with van der Waals surface area (Å²) in [6.07, 6.45) is 2.91. The van der Waals surface area contributed by atoms with Crippen molar-refractivity contribution in [1.29, 1.82) is 0 Å². The summed E-state index contributed by atoms with van der Waals surface area (Å²) in [6, 6.07) is 3.72. The van der Waals surface area contributed by atoms with E-state index in [0.717, 1.165) is 25.3 Å². The monoisotopic (exact) mass is 236 g/mol. The van der Waals surface area contributed by atoms with Gasteiger partial charge in [0, 0.05) is 19.5 Å². The minimum absolute atomic E-state index is 0.132. The molecule has 0 aromatic carbocycles. The van der Waals surface area contributed by atoms with Crippen LogP contribution < -0.4 is 10.2 Å². The Balaban J connectivity index is 1.90. The average molecular weight is 236 g/mol. The van der Waals surface area contributed by atoms with E-state index in [1.54, 1.807) is 11.9 Å². The molecule has 1 N–H and O–H groups in total. The first kappa shape index (κ1) is 12.2. The number of carbonyl (C=O) groups is 1. The molecule has 1 aliphatic heterocycles. The summed E-state index contributed by atoms with van der Waals surface area (Å²) in [4.78, 5) is 13.7. The summed E-state index contributed by atoms with van der Waals surface area (Å²) in [5, 5.41) is 3.33. The molecule has 0 saturated carbocycles. The second-order valence-corrected chi connectivity index (χ2v) is 4.75. The smallest absolute Gasteiger partial charge is 0.229 e. The van der Waals surface area contributed by atoms with E-state index in [9.17, 15) is 4.79 Å². The molecule has 1 fully saturated rings. The van der Waals surface area contributed by atoms with E-state index in [1.165, 1.54) is 6.42 Å². The van der Waals surface area contributed by atoms with Gasteiger partial charge in [-0.1, -0.05) is 0 Å². The maximum absolute atomic E-state index is 12.1. The van der Waals surface area contributed by atoms with E-state index in [1.807, 2.05) is 19.1 Å². The average Bonchev–Trinajstić information content (AvgIpc) is 2.76. The van der Waals surface area contributed by atoms with Gasteiger partial charge in [-0.15, -0.1) is 0 Å². The Morgan fingerprint density at radius 2 is 2.41 bits per heavy atom. The van der Waals surface area contributed by atoms with Crippen LogP contribution >= 0.6 is 0 Å². The SMILES string of the molecule is Cc1ccc(N(C)C(=O)CC2CCCNC2)o1. The van der Waals surface area contributed by atoms with Gasteiger partial charge in [0.15, 0.2) is 0 Å². The van der Waals surface area contributed by atoms with Crippen molar-refractivity contribution in [2.45, 2.75) is 26.2 Å². The van der Waals surface area contributed by atoms with Crippen molar-refractivity contribution in [1.82, 2.24) is 5.32 Å². The molecule has 94 valence electrons. The highest BCUT2D eigenvalue weighted by molar-refractivity contribution is 5.91. The number of hydrogen-bond acceptors (Lipinski definition) is 3. The van der Waals surface area contributed by atoms with Crippen LogP contribution in [0.1, 0.15) is 25.0 Å². The molecule has 1 aliphatic rings. The van der Waals surface area contributed by atoms with Crippen LogP contribution in [0, 0.1) is 12.8 Å². The van der Waals surface area contributed by atoms with E-state index >= 15 is 0 Å². The molecule has 1 unspecified atom stereocenters. The lowest BCUT2D eigenvalue weighted by Crippen LogP contribution is -2.35. The quantitative estimate of drug-likeness (QED) is 0.872. The van der Waals surface area contributed by atoms with Crippen LogP contribution in [0.15, 0.2) is 16.5 Å². The first-order chi connectivity index (χ1) is 8.16. The number of carbonyl (C=O) groups excluding carboxylic acids is 1. The largest absolute Gasteiger partial charge is 0.445 e. The molecule has 0 radical (unpaired) electrons. The Morgan fingerprint density at radius 3 is 3.00 bits per heavy atom. The summed E-state index contributed by atoms with van der Waals surface area (Å²) in [7, 11) is 1.77. The summed E-state index contributed by atoms with van der Waals surface area (Å²) < 4.78 is 5.45. The fraction of sp³-hybridized carbons (Fsp3) is 0.615. The fourth-order valence-corrected chi connectivity index (χ4v) is 2.21. The van der Waals surface area contributed by atoms with Crippen LogP contribution in [-0.4, -0.2) is 26.0 Å². The zero-order chi connectivity index (χ0) is 12.3. The molecule has 1 aromatic heterocycles.